The molecule has 176 valence electrons. The Kier molecular flexibility index (Phi) is 7.86. The number of benzene rings is 2. The number of aromatic nitrogens is 1. The van der Waals surface area contributed by atoms with Crippen LogP contribution in [-0.2, 0) is 6.54 Å². The van der Waals surface area contributed by atoms with Crippen molar-refractivity contribution >= 4 is 5.69 Å². The van der Waals surface area contributed by atoms with Crippen LogP contribution in [0.5, 0.6) is 11.5 Å². The Balaban J connectivity index is 1.22. The first-order valence-electron chi connectivity index (χ1n) is 11.6. The number of methoxy groups -OCH3 is 2. The van der Waals surface area contributed by atoms with Crippen molar-refractivity contribution in [3.63, 3.8) is 0 Å². The molecule has 1 saturated heterocycles. The zero-order chi connectivity index (χ0) is 23.0. The highest BCUT2D eigenvalue weighted by Crippen LogP contribution is 2.37. The van der Waals surface area contributed by atoms with E-state index in [2.05, 4.69) is 57.2 Å². The monoisotopic (exact) mass is 450 g/mol. The van der Waals surface area contributed by atoms with Crippen LogP contribution in [0.25, 0.3) is 11.3 Å². The van der Waals surface area contributed by atoms with E-state index in [1.165, 1.54) is 5.69 Å². The molecule has 33 heavy (non-hydrogen) atoms. The molecule has 7 nitrogen and oxygen atoms in total. The van der Waals surface area contributed by atoms with Gasteiger partial charge >= 0.3 is 0 Å². The van der Waals surface area contributed by atoms with Crippen LogP contribution in [0.4, 0.5) is 5.69 Å². The standard InChI is InChI=1S/C26H34N4O3/c1-28(13-8-14-29-15-17-30(18-16-29)21-9-5-4-6-10-21)20-22-19-24(27-33-22)23-11-7-12-25(31-2)26(23)32-3/h4-7,9-12,19H,8,13-18,20H2,1-3H3. The molecule has 2 heterocycles. The number of rotatable bonds is 10. The van der Waals surface area contributed by atoms with Crippen LogP contribution in [0.2, 0.25) is 0 Å². The lowest BCUT2D eigenvalue weighted by atomic mass is 10.1. The number of nitrogens with zero attached hydrogens (tertiary/aromatic N) is 4. The second-order valence-electron chi connectivity index (χ2n) is 8.48. The van der Waals surface area contributed by atoms with Crippen molar-refractivity contribution in [2.24, 2.45) is 0 Å². The summed E-state index contributed by atoms with van der Waals surface area (Å²) in [5.74, 6) is 2.19. The second kappa shape index (κ2) is 11.2. The summed E-state index contributed by atoms with van der Waals surface area (Å²) in [6.45, 7) is 7.27. The van der Waals surface area contributed by atoms with Crippen LogP contribution >= 0.6 is 0 Å². The van der Waals surface area contributed by atoms with E-state index in [4.69, 9.17) is 14.0 Å². The highest BCUT2D eigenvalue weighted by molar-refractivity contribution is 5.71. The number of para-hydroxylation sites is 2. The third-order valence-corrected chi connectivity index (χ3v) is 6.17. The molecule has 7 heteroatoms. The molecule has 0 amide bonds. The van der Waals surface area contributed by atoms with Gasteiger partial charge in [0.2, 0.25) is 0 Å². The molecule has 1 aliphatic rings. The molecule has 4 rings (SSSR count). The Morgan fingerprint density at radius 2 is 1.76 bits per heavy atom. The van der Waals surface area contributed by atoms with Gasteiger partial charge in [-0.05, 0) is 50.8 Å². The largest absolute Gasteiger partial charge is 0.493 e. The molecule has 1 aliphatic heterocycles. The van der Waals surface area contributed by atoms with E-state index in [0.717, 1.165) is 69.3 Å². The summed E-state index contributed by atoms with van der Waals surface area (Å²) in [5, 5.41) is 4.26. The lowest BCUT2D eigenvalue weighted by Gasteiger charge is -2.36. The quantitative estimate of drug-likeness (QED) is 0.463. The fourth-order valence-corrected chi connectivity index (χ4v) is 4.38. The third kappa shape index (κ3) is 5.86. The lowest BCUT2D eigenvalue weighted by molar-refractivity contribution is 0.223. The highest BCUT2D eigenvalue weighted by atomic mass is 16.5. The van der Waals surface area contributed by atoms with E-state index < -0.39 is 0 Å². The number of anilines is 1. The van der Waals surface area contributed by atoms with Crippen LogP contribution in [0.3, 0.4) is 0 Å². The summed E-state index contributed by atoms with van der Waals surface area (Å²) in [4.78, 5) is 7.32. The third-order valence-electron chi connectivity index (χ3n) is 6.17. The van der Waals surface area contributed by atoms with Crippen molar-refractivity contribution in [1.82, 2.24) is 15.0 Å². The summed E-state index contributed by atoms with van der Waals surface area (Å²) in [7, 11) is 5.40. The Labute approximate surface area is 196 Å². The SMILES string of the molecule is COc1cccc(-c2cc(CN(C)CCCN3CCN(c4ccccc4)CC3)on2)c1OC. The summed E-state index contributed by atoms with van der Waals surface area (Å²) < 4.78 is 16.5. The first kappa shape index (κ1) is 23.1. The molecule has 0 aliphatic carbocycles. The maximum Gasteiger partial charge on any atom is 0.170 e. The van der Waals surface area contributed by atoms with Gasteiger partial charge in [0, 0.05) is 43.5 Å². The van der Waals surface area contributed by atoms with Crippen molar-refractivity contribution in [3.05, 3.63) is 60.4 Å². The van der Waals surface area contributed by atoms with Gasteiger partial charge < -0.3 is 18.9 Å². The molecule has 1 aromatic heterocycles. The molecule has 0 bridgehead atoms. The first-order chi connectivity index (χ1) is 16.2. The average Bonchev–Trinajstić information content (AvgIpc) is 3.32. The first-order valence-corrected chi connectivity index (χ1v) is 11.6. The van der Waals surface area contributed by atoms with Gasteiger partial charge in [0.05, 0.1) is 20.8 Å². The summed E-state index contributed by atoms with van der Waals surface area (Å²) >= 11 is 0. The average molecular weight is 451 g/mol. The number of hydrogen-bond acceptors (Lipinski definition) is 7. The molecule has 0 N–H and O–H groups in total. The highest BCUT2D eigenvalue weighted by Gasteiger charge is 2.18. The van der Waals surface area contributed by atoms with E-state index >= 15 is 0 Å². The van der Waals surface area contributed by atoms with Gasteiger partial charge in [0.25, 0.3) is 0 Å². The van der Waals surface area contributed by atoms with Crippen LogP contribution in [0.15, 0.2) is 59.1 Å². The van der Waals surface area contributed by atoms with E-state index in [1.54, 1.807) is 14.2 Å². The minimum atomic E-state index is 0.667. The Bertz CT molecular complexity index is 1000. The van der Waals surface area contributed by atoms with Crippen molar-refractivity contribution < 1.29 is 14.0 Å². The van der Waals surface area contributed by atoms with Crippen molar-refractivity contribution in [2.45, 2.75) is 13.0 Å². The van der Waals surface area contributed by atoms with E-state index in [9.17, 15) is 0 Å². The number of piperazine rings is 1. The van der Waals surface area contributed by atoms with Crippen LogP contribution in [-0.4, -0.2) is 75.5 Å². The summed E-state index contributed by atoms with van der Waals surface area (Å²) in [5.41, 5.74) is 2.95. The van der Waals surface area contributed by atoms with Gasteiger partial charge in [0.15, 0.2) is 17.3 Å². The van der Waals surface area contributed by atoms with Crippen molar-refractivity contribution in [2.75, 3.05) is 65.4 Å². The number of ether oxygens (including phenoxy) is 2. The zero-order valence-electron chi connectivity index (χ0n) is 19.9. The van der Waals surface area contributed by atoms with Crippen molar-refractivity contribution in [1.29, 1.82) is 0 Å². The molecule has 0 unspecified atom stereocenters. The fraction of sp³-hybridized carbons (Fsp3) is 0.423. The maximum atomic E-state index is 5.61. The lowest BCUT2D eigenvalue weighted by Crippen LogP contribution is -2.47. The number of hydrogen-bond donors (Lipinski definition) is 0. The fourth-order valence-electron chi connectivity index (χ4n) is 4.38. The Hall–Kier alpha value is -3.03. The predicted molar refractivity (Wildman–Crippen MR) is 131 cm³/mol. The molecule has 2 aromatic carbocycles. The minimum absolute atomic E-state index is 0.667. The summed E-state index contributed by atoms with van der Waals surface area (Å²) in [6.07, 6.45) is 1.13. The Morgan fingerprint density at radius 3 is 2.48 bits per heavy atom. The molecule has 3 aromatic rings. The molecule has 1 fully saturated rings. The molecule has 0 spiro atoms. The normalized spacial score (nSPS) is 14.6. The zero-order valence-corrected chi connectivity index (χ0v) is 19.9. The maximum absolute atomic E-state index is 5.61. The second-order valence-corrected chi connectivity index (χ2v) is 8.48. The van der Waals surface area contributed by atoms with Gasteiger partial charge in [-0.2, -0.15) is 0 Å². The van der Waals surface area contributed by atoms with Gasteiger partial charge in [-0.1, -0.05) is 29.4 Å². The van der Waals surface area contributed by atoms with Crippen LogP contribution in [0, 0.1) is 0 Å². The molecule has 0 atom stereocenters. The summed E-state index contributed by atoms with van der Waals surface area (Å²) in [6, 6.07) is 18.4. The van der Waals surface area contributed by atoms with Gasteiger partial charge in [-0.15, -0.1) is 0 Å². The van der Waals surface area contributed by atoms with Crippen LogP contribution in [0.1, 0.15) is 12.2 Å². The van der Waals surface area contributed by atoms with Crippen LogP contribution < -0.4 is 14.4 Å². The molecular formula is C26H34N4O3. The van der Waals surface area contributed by atoms with Gasteiger partial charge in [-0.3, -0.25) is 9.80 Å². The topological polar surface area (TPSA) is 54.2 Å². The van der Waals surface area contributed by atoms with E-state index in [0.29, 0.717) is 11.5 Å². The smallest absolute Gasteiger partial charge is 0.170 e. The predicted octanol–water partition coefficient (Wildman–Crippen LogP) is 4.00. The van der Waals surface area contributed by atoms with Gasteiger partial charge in [-0.25, -0.2) is 0 Å². The molecular weight excluding hydrogens is 416 g/mol. The minimum Gasteiger partial charge on any atom is -0.493 e. The molecule has 0 radical (unpaired) electrons. The van der Waals surface area contributed by atoms with Crippen molar-refractivity contribution in [3.8, 4) is 22.8 Å². The molecule has 0 saturated carbocycles. The Morgan fingerprint density at radius 1 is 0.970 bits per heavy atom. The van der Waals surface area contributed by atoms with E-state index in [1.807, 2.05) is 24.3 Å². The van der Waals surface area contributed by atoms with Gasteiger partial charge in [0.1, 0.15) is 5.69 Å². The van der Waals surface area contributed by atoms with E-state index in [-0.39, 0.29) is 0 Å².